The minimum absolute atomic E-state index is 0.0211. The van der Waals surface area contributed by atoms with Gasteiger partial charge in [0, 0.05) is 19.0 Å². The average molecular weight is 413 g/mol. The number of unbranched alkanes of at least 4 members (excludes halogenated alkanes) is 1. The van der Waals surface area contributed by atoms with Gasteiger partial charge < -0.3 is 4.74 Å². The number of carbonyl (C=O) groups is 2. The van der Waals surface area contributed by atoms with Crippen LogP contribution in [0.3, 0.4) is 0 Å². The van der Waals surface area contributed by atoms with Gasteiger partial charge in [0.15, 0.2) is 11.5 Å². The highest BCUT2D eigenvalue weighted by Gasteiger charge is 2.40. The van der Waals surface area contributed by atoms with Crippen LogP contribution in [0.1, 0.15) is 48.2 Å². The average Bonchev–Trinajstić information content (AvgIpc) is 2.69. The Bertz CT molecular complexity index is 1080. The van der Waals surface area contributed by atoms with Crippen molar-refractivity contribution in [3.63, 3.8) is 0 Å². The maximum absolute atomic E-state index is 13.2. The summed E-state index contributed by atoms with van der Waals surface area (Å²) in [6.45, 7) is 5.24. The van der Waals surface area contributed by atoms with E-state index in [1.165, 1.54) is 13.0 Å². The molecule has 29 heavy (non-hydrogen) atoms. The number of benzene rings is 2. The number of nitrogens with zero attached hydrogens (tertiary/aromatic N) is 1. The van der Waals surface area contributed by atoms with Crippen LogP contribution in [0.4, 0.5) is 0 Å². The molecule has 3 rings (SSSR count). The molecular weight excluding hydrogens is 390 g/mol. The van der Waals surface area contributed by atoms with Gasteiger partial charge in [-0.05, 0) is 37.6 Å². The number of hydrogen-bond acceptors (Lipinski definition) is 5. The Labute approximate surface area is 170 Å². The number of sulfonamides is 1. The summed E-state index contributed by atoms with van der Waals surface area (Å²) >= 11 is 0. The van der Waals surface area contributed by atoms with Crippen LogP contribution in [0.5, 0.6) is 0 Å². The van der Waals surface area contributed by atoms with Crippen molar-refractivity contribution in [1.82, 2.24) is 4.31 Å². The number of carbonyl (C=O) groups excluding carboxylic acids is 2. The number of allylic oxidation sites excluding steroid dienone is 1. The van der Waals surface area contributed by atoms with Crippen molar-refractivity contribution in [1.29, 1.82) is 0 Å². The number of ketones is 1. The fourth-order valence-corrected chi connectivity index (χ4v) is 4.92. The quantitative estimate of drug-likeness (QED) is 0.671. The lowest BCUT2D eigenvalue weighted by molar-refractivity contribution is -0.114. The Morgan fingerprint density at radius 3 is 2.31 bits per heavy atom. The predicted molar refractivity (Wildman–Crippen MR) is 109 cm³/mol. The zero-order valence-corrected chi connectivity index (χ0v) is 17.5. The Morgan fingerprint density at radius 2 is 1.69 bits per heavy atom. The van der Waals surface area contributed by atoms with Crippen LogP contribution in [0, 0.1) is 6.92 Å². The molecule has 6 nitrogen and oxygen atoms in total. The highest BCUT2D eigenvalue weighted by atomic mass is 32.2. The molecule has 7 heteroatoms. The third-order valence-electron chi connectivity index (χ3n) is 4.69. The molecule has 0 saturated heterocycles. The molecule has 0 fully saturated rings. The van der Waals surface area contributed by atoms with Gasteiger partial charge in [0.05, 0.1) is 10.5 Å². The molecule has 2 aromatic rings. The van der Waals surface area contributed by atoms with E-state index in [1.54, 1.807) is 42.5 Å². The summed E-state index contributed by atoms with van der Waals surface area (Å²) in [5.41, 5.74) is 1.41. The topological polar surface area (TPSA) is 80.8 Å². The lowest BCUT2D eigenvalue weighted by atomic mass is 10.1. The summed E-state index contributed by atoms with van der Waals surface area (Å²) in [5.74, 6) is -1.15. The first-order valence-corrected chi connectivity index (χ1v) is 10.9. The van der Waals surface area contributed by atoms with Crippen molar-refractivity contribution >= 4 is 27.5 Å². The van der Waals surface area contributed by atoms with Gasteiger partial charge >= 0.3 is 5.97 Å². The molecule has 0 bridgehead atoms. The second-order valence-corrected chi connectivity index (χ2v) is 8.75. The first-order chi connectivity index (χ1) is 13.8. The van der Waals surface area contributed by atoms with Crippen LogP contribution in [0.15, 0.2) is 59.1 Å². The monoisotopic (exact) mass is 413 g/mol. The van der Waals surface area contributed by atoms with E-state index in [0.717, 1.165) is 16.3 Å². The summed E-state index contributed by atoms with van der Waals surface area (Å²) in [7, 11) is -3.92. The van der Waals surface area contributed by atoms with Gasteiger partial charge in [-0.3, -0.25) is 9.10 Å². The normalized spacial score (nSPS) is 15.1. The third-order valence-corrected chi connectivity index (χ3v) is 6.55. The molecule has 0 aromatic heterocycles. The molecule has 152 valence electrons. The highest BCUT2D eigenvalue weighted by Crippen LogP contribution is 2.38. The molecule has 1 heterocycles. The largest absolute Gasteiger partial charge is 0.420 e. The van der Waals surface area contributed by atoms with Crippen molar-refractivity contribution in [3.05, 3.63) is 70.9 Å². The highest BCUT2D eigenvalue weighted by molar-refractivity contribution is 7.89. The van der Waals surface area contributed by atoms with Gasteiger partial charge in [0.25, 0.3) is 10.0 Å². The van der Waals surface area contributed by atoms with Crippen molar-refractivity contribution in [2.45, 2.75) is 38.5 Å². The Hall–Kier alpha value is -2.93. The Balaban J connectivity index is 2.16. The lowest BCUT2D eigenvalue weighted by Crippen LogP contribution is -2.38. The van der Waals surface area contributed by atoms with Crippen LogP contribution in [0.25, 0.3) is 5.76 Å². The smallest absolute Gasteiger partial charge is 0.343 e. The van der Waals surface area contributed by atoms with Gasteiger partial charge in [-0.1, -0.05) is 43.2 Å². The first kappa shape index (κ1) is 20.8. The molecule has 0 atom stereocenters. The lowest BCUT2D eigenvalue weighted by Gasteiger charge is -2.32. The van der Waals surface area contributed by atoms with Crippen LogP contribution in [-0.2, 0) is 19.6 Å². The number of esters is 1. The number of fused-ring (bicyclic) bond motifs is 1. The molecule has 0 saturated carbocycles. The second kappa shape index (κ2) is 8.21. The van der Waals surface area contributed by atoms with Crippen molar-refractivity contribution in [3.8, 4) is 0 Å². The molecule has 0 unspecified atom stereocenters. The van der Waals surface area contributed by atoms with E-state index in [4.69, 9.17) is 4.74 Å². The first-order valence-electron chi connectivity index (χ1n) is 9.43. The van der Waals surface area contributed by atoms with Crippen LogP contribution in [-0.4, -0.2) is 31.0 Å². The number of rotatable bonds is 6. The zero-order valence-electron chi connectivity index (χ0n) is 16.6. The van der Waals surface area contributed by atoms with E-state index in [0.29, 0.717) is 12.0 Å². The van der Waals surface area contributed by atoms with Gasteiger partial charge in [-0.15, -0.1) is 0 Å². The molecular formula is C22H23NO5S. The third kappa shape index (κ3) is 3.96. The molecule has 0 amide bonds. The maximum Gasteiger partial charge on any atom is 0.343 e. The maximum atomic E-state index is 13.2. The van der Waals surface area contributed by atoms with E-state index in [-0.39, 0.29) is 28.5 Å². The Morgan fingerprint density at radius 1 is 1.03 bits per heavy atom. The SMILES string of the molecule is CCCCN1C(C(C)=O)=C(OC(=O)c2ccc(C)cc2)c2ccccc2S1(=O)=O. The van der Waals surface area contributed by atoms with Crippen molar-refractivity contribution in [2.75, 3.05) is 6.54 Å². The Kier molecular flexibility index (Phi) is 5.88. The van der Waals surface area contributed by atoms with Gasteiger partial charge in [-0.2, -0.15) is 0 Å². The zero-order chi connectivity index (χ0) is 21.2. The fraction of sp³-hybridized carbons (Fsp3) is 0.273. The van der Waals surface area contributed by atoms with Gasteiger partial charge in [-0.25, -0.2) is 13.2 Å². The molecule has 2 aromatic carbocycles. The van der Waals surface area contributed by atoms with E-state index < -0.39 is 21.8 Å². The summed E-state index contributed by atoms with van der Waals surface area (Å²) in [6, 6.07) is 13.1. The number of hydrogen-bond donors (Lipinski definition) is 0. The van der Waals surface area contributed by atoms with E-state index in [9.17, 15) is 18.0 Å². The summed E-state index contributed by atoms with van der Waals surface area (Å²) < 4.78 is 33.0. The standard InChI is InChI=1S/C22H23NO5S/c1-4-5-14-23-20(16(3)24)21(18-8-6-7-9-19(18)29(23,26)27)28-22(25)17-12-10-15(2)11-13-17/h6-13H,4-5,14H2,1-3H3. The molecule has 0 radical (unpaired) electrons. The van der Waals surface area contributed by atoms with Crippen LogP contribution >= 0.6 is 0 Å². The van der Waals surface area contributed by atoms with Gasteiger partial charge in [0.2, 0.25) is 0 Å². The molecule has 1 aliphatic rings. The predicted octanol–water partition coefficient (Wildman–Crippen LogP) is 3.91. The summed E-state index contributed by atoms with van der Waals surface area (Å²) in [6.07, 6.45) is 1.31. The van der Waals surface area contributed by atoms with E-state index >= 15 is 0 Å². The molecule has 0 N–H and O–H groups in total. The minimum atomic E-state index is -3.92. The number of Topliss-reactive ketones (excluding diaryl/α,β-unsaturated/α-hetero) is 1. The van der Waals surface area contributed by atoms with E-state index in [1.807, 2.05) is 13.8 Å². The fourth-order valence-electron chi connectivity index (χ4n) is 3.17. The van der Waals surface area contributed by atoms with E-state index in [2.05, 4.69) is 0 Å². The summed E-state index contributed by atoms with van der Waals surface area (Å²) in [5, 5.41) is 0. The molecule has 0 aliphatic carbocycles. The van der Waals surface area contributed by atoms with Crippen LogP contribution < -0.4 is 0 Å². The second-order valence-electron chi connectivity index (χ2n) is 6.92. The summed E-state index contributed by atoms with van der Waals surface area (Å²) in [4.78, 5) is 25.3. The van der Waals surface area contributed by atoms with Crippen LogP contribution in [0.2, 0.25) is 0 Å². The number of ether oxygens (including phenoxy) is 1. The minimum Gasteiger partial charge on any atom is -0.420 e. The molecule has 0 spiro atoms. The van der Waals surface area contributed by atoms with Gasteiger partial charge in [0.1, 0.15) is 5.70 Å². The van der Waals surface area contributed by atoms with Crippen molar-refractivity contribution < 1.29 is 22.7 Å². The van der Waals surface area contributed by atoms with Crippen molar-refractivity contribution in [2.24, 2.45) is 0 Å². The molecule has 1 aliphatic heterocycles. The number of aryl methyl sites for hydroxylation is 1.